The van der Waals surface area contributed by atoms with Crippen molar-refractivity contribution in [1.82, 2.24) is 10.6 Å². The summed E-state index contributed by atoms with van der Waals surface area (Å²) in [6.45, 7) is 2.66. The van der Waals surface area contributed by atoms with E-state index >= 15 is 0 Å². The minimum Gasteiger partial charge on any atom is -0.387 e. The van der Waals surface area contributed by atoms with Crippen LogP contribution in [0.4, 0.5) is 0 Å². The molecule has 0 saturated heterocycles. The third-order valence-corrected chi connectivity index (χ3v) is 4.15. The molecule has 4 nitrogen and oxygen atoms in total. The third-order valence-electron chi connectivity index (χ3n) is 4.15. The van der Waals surface area contributed by atoms with Crippen molar-refractivity contribution in [2.75, 3.05) is 13.6 Å². The highest BCUT2D eigenvalue weighted by Crippen LogP contribution is 2.12. The largest absolute Gasteiger partial charge is 0.387 e. The Balaban J connectivity index is 1.75. The molecule has 0 aliphatic heterocycles. The van der Waals surface area contributed by atoms with Gasteiger partial charge in [0.1, 0.15) is 0 Å². The summed E-state index contributed by atoms with van der Waals surface area (Å²) in [5, 5.41) is 16.2. The average Bonchev–Trinajstić information content (AvgIpc) is 2.64. The first-order valence-corrected chi connectivity index (χ1v) is 8.37. The molecule has 0 aliphatic rings. The number of hydrogen-bond acceptors (Lipinski definition) is 3. The molecule has 0 heterocycles. The van der Waals surface area contributed by atoms with Crippen molar-refractivity contribution in [3.63, 3.8) is 0 Å². The first kappa shape index (κ1) is 18.2. The van der Waals surface area contributed by atoms with Crippen LogP contribution in [0.15, 0.2) is 54.6 Å². The molecule has 0 fully saturated rings. The van der Waals surface area contributed by atoms with E-state index in [-0.39, 0.29) is 5.91 Å². The van der Waals surface area contributed by atoms with Crippen LogP contribution in [0.1, 0.15) is 40.9 Å². The van der Waals surface area contributed by atoms with Gasteiger partial charge in [0.25, 0.3) is 5.91 Å². The van der Waals surface area contributed by atoms with Gasteiger partial charge in [-0.05, 0) is 43.0 Å². The molecule has 0 spiro atoms. The molecule has 4 heteroatoms. The van der Waals surface area contributed by atoms with Crippen molar-refractivity contribution in [3.05, 3.63) is 71.3 Å². The summed E-state index contributed by atoms with van der Waals surface area (Å²) in [7, 11) is 1.63. The van der Waals surface area contributed by atoms with Crippen molar-refractivity contribution in [1.29, 1.82) is 0 Å². The number of benzene rings is 2. The first-order chi connectivity index (χ1) is 11.6. The lowest BCUT2D eigenvalue weighted by Gasteiger charge is -2.17. The molecule has 0 saturated carbocycles. The van der Waals surface area contributed by atoms with E-state index in [1.807, 2.05) is 54.6 Å². The highest BCUT2D eigenvalue weighted by molar-refractivity contribution is 5.93. The predicted octanol–water partition coefficient (Wildman–Crippen LogP) is 2.69. The van der Waals surface area contributed by atoms with E-state index in [2.05, 4.69) is 17.6 Å². The number of nitrogens with one attached hydrogen (secondary N) is 2. The Hall–Kier alpha value is -2.17. The zero-order valence-corrected chi connectivity index (χ0v) is 14.3. The van der Waals surface area contributed by atoms with E-state index in [1.165, 1.54) is 5.56 Å². The Morgan fingerprint density at radius 1 is 1.08 bits per heavy atom. The summed E-state index contributed by atoms with van der Waals surface area (Å²) in [5.74, 6) is -0.0634. The minimum absolute atomic E-state index is 0.0634. The van der Waals surface area contributed by atoms with Crippen LogP contribution in [-0.4, -0.2) is 30.6 Å². The molecule has 2 aromatic rings. The SMILES string of the molecule is CNC(=O)c1ccc(CCC(C)NCC(O)c2ccccc2)cc1. The molecule has 0 radical (unpaired) electrons. The average molecular weight is 326 g/mol. The zero-order valence-electron chi connectivity index (χ0n) is 14.3. The lowest BCUT2D eigenvalue weighted by molar-refractivity contribution is 0.0963. The summed E-state index contributed by atoms with van der Waals surface area (Å²) in [5.41, 5.74) is 2.82. The second-order valence-electron chi connectivity index (χ2n) is 6.05. The Labute approximate surface area is 143 Å². The molecule has 2 atom stereocenters. The summed E-state index contributed by atoms with van der Waals surface area (Å²) >= 11 is 0. The highest BCUT2D eigenvalue weighted by atomic mass is 16.3. The van der Waals surface area contributed by atoms with E-state index < -0.39 is 6.10 Å². The van der Waals surface area contributed by atoms with Crippen molar-refractivity contribution < 1.29 is 9.90 Å². The van der Waals surface area contributed by atoms with Gasteiger partial charge in [0, 0.05) is 25.2 Å². The normalized spacial score (nSPS) is 13.3. The summed E-state index contributed by atoms with van der Waals surface area (Å²) < 4.78 is 0. The van der Waals surface area contributed by atoms with Crippen LogP contribution in [0, 0.1) is 0 Å². The molecule has 128 valence electrons. The number of hydrogen-bond donors (Lipinski definition) is 3. The lowest BCUT2D eigenvalue weighted by atomic mass is 10.0. The number of aliphatic hydroxyl groups is 1. The molecule has 0 aliphatic carbocycles. The second kappa shape index (κ2) is 9.21. The molecule has 0 bridgehead atoms. The van der Waals surface area contributed by atoms with E-state index in [9.17, 15) is 9.90 Å². The Morgan fingerprint density at radius 2 is 1.75 bits per heavy atom. The van der Waals surface area contributed by atoms with Crippen molar-refractivity contribution >= 4 is 5.91 Å². The van der Waals surface area contributed by atoms with Gasteiger partial charge in [0.05, 0.1) is 6.10 Å². The molecule has 24 heavy (non-hydrogen) atoms. The fraction of sp³-hybridized carbons (Fsp3) is 0.350. The Kier molecular flexibility index (Phi) is 6.97. The van der Waals surface area contributed by atoms with Crippen molar-refractivity contribution in [2.24, 2.45) is 0 Å². The van der Waals surface area contributed by atoms with Gasteiger partial charge >= 0.3 is 0 Å². The van der Waals surface area contributed by atoms with Crippen molar-refractivity contribution in [3.8, 4) is 0 Å². The molecule has 2 aromatic carbocycles. The van der Waals surface area contributed by atoms with Gasteiger partial charge in [-0.25, -0.2) is 0 Å². The van der Waals surface area contributed by atoms with Crippen LogP contribution >= 0.6 is 0 Å². The smallest absolute Gasteiger partial charge is 0.251 e. The van der Waals surface area contributed by atoms with Crippen LogP contribution in [-0.2, 0) is 6.42 Å². The predicted molar refractivity (Wildman–Crippen MR) is 97.0 cm³/mol. The van der Waals surface area contributed by atoms with Gasteiger partial charge in [-0.15, -0.1) is 0 Å². The third kappa shape index (κ3) is 5.48. The van der Waals surface area contributed by atoms with Crippen LogP contribution in [0.5, 0.6) is 0 Å². The summed E-state index contributed by atoms with van der Waals surface area (Å²) in [6, 6.07) is 17.7. The maximum atomic E-state index is 11.5. The van der Waals surface area contributed by atoms with Gasteiger partial charge in [0.15, 0.2) is 0 Å². The highest BCUT2D eigenvalue weighted by Gasteiger charge is 2.09. The van der Waals surface area contributed by atoms with Crippen LogP contribution in [0.2, 0.25) is 0 Å². The van der Waals surface area contributed by atoms with E-state index in [4.69, 9.17) is 0 Å². The Morgan fingerprint density at radius 3 is 2.38 bits per heavy atom. The second-order valence-corrected chi connectivity index (χ2v) is 6.05. The maximum Gasteiger partial charge on any atom is 0.251 e. The molecule has 1 amide bonds. The number of carbonyl (C=O) groups is 1. The zero-order chi connectivity index (χ0) is 17.4. The van der Waals surface area contributed by atoms with E-state index in [1.54, 1.807) is 7.05 Å². The first-order valence-electron chi connectivity index (χ1n) is 8.37. The lowest BCUT2D eigenvalue weighted by Crippen LogP contribution is -2.30. The van der Waals surface area contributed by atoms with Crippen LogP contribution in [0.25, 0.3) is 0 Å². The van der Waals surface area contributed by atoms with E-state index in [0.717, 1.165) is 18.4 Å². The monoisotopic (exact) mass is 326 g/mol. The quantitative estimate of drug-likeness (QED) is 0.699. The van der Waals surface area contributed by atoms with Gasteiger partial charge in [-0.1, -0.05) is 42.5 Å². The van der Waals surface area contributed by atoms with Gasteiger partial charge in [-0.3, -0.25) is 4.79 Å². The Bertz CT molecular complexity index is 626. The summed E-state index contributed by atoms with van der Waals surface area (Å²) in [6.07, 6.45) is 1.42. The molecule has 2 rings (SSSR count). The van der Waals surface area contributed by atoms with E-state index in [0.29, 0.717) is 18.2 Å². The molecular weight excluding hydrogens is 300 g/mol. The standard InChI is InChI=1S/C20H26N2O2/c1-15(22-14-19(23)17-6-4-3-5-7-17)8-9-16-10-12-18(13-11-16)20(24)21-2/h3-7,10-13,15,19,22-23H,8-9,14H2,1-2H3,(H,21,24). The topological polar surface area (TPSA) is 61.4 Å². The number of amides is 1. The van der Waals surface area contributed by atoms with Crippen LogP contribution in [0.3, 0.4) is 0 Å². The summed E-state index contributed by atoms with van der Waals surface area (Å²) in [4.78, 5) is 11.5. The molecule has 0 aromatic heterocycles. The van der Waals surface area contributed by atoms with Gasteiger partial charge in [0.2, 0.25) is 0 Å². The fourth-order valence-corrected chi connectivity index (χ4v) is 2.56. The van der Waals surface area contributed by atoms with Gasteiger partial charge in [-0.2, -0.15) is 0 Å². The van der Waals surface area contributed by atoms with Crippen molar-refractivity contribution in [2.45, 2.75) is 31.9 Å². The maximum absolute atomic E-state index is 11.5. The van der Waals surface area contributed by atoms with Crippen LogP contribution < -0.4 is 10.6 Å². The van der Waals surface area contributed by atoms with Gasteiger partial charge < -0.3 is 15.7 Å². The number of aryl methyl sites for hydroxylation is 1. The number of rotatable bonds is 8. The molecular formula is C20H26N2O2. The molecule has 3 N–H and O–H groups in total. The molecule has 2 unspecified atom stereocenters. The minimum atomic E-state index is -0.486. The number of aliphatic hydroxyl groups excluding tert-OH is 1. The number of carbonyl (C=O) groups excluding carboxylic acids is 1. The fourth-order valence-electron chi connectivity index (χ4n) is 2.56.